The zero-order valence-corrected chi connectivity index (χ0v) is 17.0. The van der Waals surface area contributed by atoms with E-state index >= 15 is 0 Å². The van der Waals surface area contributed by atoms with Gasteiger partial charge in [-0.15, -0.1) is 0 Å². The fourth-order valence-corrected chi connectivity index (χ4v) is 3.67. The van der Waals surface area contributed by atoms with Crippen LogP contribution in [0.2, 0.25) is 5.02 Å². The van der Waals surface area contributed by atoms with Gasteiger partial charge in [0.25, 0.3) is 6.01 Å². The number of hydrogen-bond acceptors (Lipinski definition) is 5. The number of carbonyl (C=O) groups is 1. The molecule has 0 saturated carbocycles. The summed E-state index contributed by atoms with van der Waals surface area (Å²) >= 11 is 9.53. The van der Waals surface area contributed by atoms with Crippen LogP contribution in [-0.4, -0.2) is 47.3 Å². The third-order valence-electron chi connectivity index (χ3n) is 3.93. The van der Waals surface area contributed by atoms with Crippen LogP contribution in [0.4, 0.5) is 10.8 Å². The third kappa shape index (κ3) is 4.03. The van der Waals surface area contributed by atoms with Crippen molar-refractivity contribution in [2.75, 3.05) is 24.5 Å². The summed E-state index contributed by atoms with van der Waals surface area (Å²) in [6.45, 7) is 9.37. The predicted octanol–water partition coefficient (Wildman–Crippen LogP) is 4.69. The monoisotopic (exact) mass is 429 g/mol. The highest BCUT2D eigenvalue weighted by atomic mass is 79.9. The quantitative estimate of drug-likeness (QED) is 0.657. The fraction of sp³-hybridized carbons (Fsp3) is 0.529. The molecule has 6 nitrogen and oxygen atoms in total. The topological polar surface area (TPSA) is 58.8 Å². The molecule has 2 aromatic rings. The summed E-state index contributed by atoms with van der Waals surface area (Å²) < 4.78 is 12.1. The lowest BCUT2D eigenvalue weighted by molar-refractivity contribution is 0.0216. The number of amides is 1. The second-order valence-electron chi connectivity index (χ2n) is 7.20. The third-order valence-corrected chi connectivity index (χ3v) is 4.75. The highest BCUT2D eigenvalue weighted by Gasteiger charge is 2.32. The normalized spacial score (nSPS) is 18.7. The summed E-state index contributed by atoms with van der Waals surface area (Å²) in [4.78, 5) is 20.6. The summed E-state index contributed by atoms with van der Waals surface area (Å²) in [5, 5.41) is 0.588. The minimum atomic E-state index is -0.497. The van der Waals surface area contributed by atoms with Gasteiger partial charge in [-0.1, -0.05) is 11.6 Å². The largest absolute Gasteiger partial charge is 0.444 e. The summed E-state index contributed by atoms with van der Waals surface area (Å²) in [5.74, 6) is 0. The van der Waals surface area contributed by atoms with Crippen LogP contribution < -0.4 is 4.90 Å². The molecule has 1 aliphatic rings. The number of halogens is 2. The Hall–Kier alpha value is -1.47. The maximum Gasteiger partial charge on any atom is 0.410 e. The minimum absolute atomic E-state index is 0.0589. The minimum Gasteiger partial charge on any atom is -0.444 e. The van der Waals surface area contributed by atoms with Crippen molar-refractivity contribution in [2.24, 2.45) is 0 Å². The van der Waals surface area contributed by atoms with Crippen LogP contribution in [0, 0.1) is 0 Å². The number of aromatic nitrogens is 1. The molecule has 1 aliphatic heterocycles. The molecule has 0 unspecified atom stereocenters. The van der Waals surface area contributed by atoms with Gasteiger partial charge in [0.15, 0.2) is 5.58 Å². The number of hydrogen-bond donors (Lipinski definition) is 0. The molecule has 1 saturated heterocycles. The molecule has 0 radical (unpaired) electrons. The molecule has 25 heavy (non-hydrogen) atoms. The lowest BCUT2D eigenvalue weighted by atomic mass is 10.2. The highest BCUT2D eigenvalue weighted by Crippen LogP contribution is 2.32. The number of nitrogens with zero attached hydrogens (tertiary/aromatic N) is 3. The Balaban J connectivity index is 1.76. The molecule has 1 atom stereocenters. The van der Waals surface area contributed by atoms with Crippen molar-refractivity contribution in [3.8, 4) is 0 Å². The van der Waals surface area contributed by atoms with Crippen molar-refractivity contribution in [1.29, 1.82) is 0 Å². The number of anilines is 1. The fourth-order valence-electron chi connectivity index (χ4n) is 2.80. The molecule has 0 bridgehead atoms. The van der Waals surface area contributed by atoms with E-state index < -0.39 is 5.60 Å². The Morgan fingerprint density at radius 2 is 2.12 bits per heavy atom. The predicted molar refractivity (Wildman–Crippen MR) is 101 cm³/mol. The van der Waals surface area contributed by atoms with Crippen molar-refractivity contribution >= 4 is 50.7 Å². The van der Waals surface area contributed by atoms with Crippen molar-refractivity contribution in [3.05, 3.63) is 21.6 Å². The van der Waals surface area contributed by atoms with Crippen molar-refractivity contribution < 1.29 is 13.9 Å². The zero-order chi connectivity index (χ0) is 18.4. The second-order valence-corrected chi connectivity index (χ2v) is 8.49. The van der Waals surface area contributed by atoms with E-state index in [-0.39, 0.29) is 12.1 Å². The van der Waals surface area contributed by atoms with Gasteiger partial charge in [0.05, 0.1) is 0 Å². The number of oxazole rings is 1. The van der Waals surface area contributed by atoms with Gasteiger partial charge in [0.1, 0.15) is 11.1 Å². The number of fused-ring (bicyclic) bond motifs is 1. The van der Waals surface area contributed by atoms with E-state index in [0.29, 0.717) is 36.3 Å². The Morgan fingerprint density at radius 3 is 2.76 bits per heavy atom. The van der Waals surface area contributed by atoms with Crippen LogP contribution in [0.25, 0.3) is 11.1 Å². The maximum atomic E-state index is 12.3. The molecule has 0 N–H and O–H groups in total. The van der Waals surface area contributed by atoms with Gasteiger partial charge >= 0.3 is 6.09 Å². The van der Waals surface area contributed by atoms with Crippen LogP contribution >= 0.6 is 27.5 Å². The highest BCUT2D eigenvalue weighted by molar-refractivity contribution is 9.10. The average Bonchev–Trinajstić information content (AvgIpc) is 2.89. The summed E-state index contributed by atoms with van der Waals surface area (Å²) in [6.07, 6.45) is -0.286. The maximum absolute atomic E-state index is 12.3. The molecule has 0 spiro atoms. The second kappa shape index (κ2) is 6.68. The lowest BCUT2D eigenvalue weighted by Crippen LogP contribution is -2.54. The standard InChI is InChI=1S/C17H21BrClN3O3/c1-10-9-21(16(23)25-17(2,3)4)5-6-22(10)15-20-14-12(18)7-11(19)8-13(14)24-15/h7-8,10H,5-6,9H2,1-4H3/t10-/m0/s1. The SMILES string of the molecule is C[C@H]1CN(C(=O)OC(C)(C)C)CCN1c1nc2c(Br)cc(Cl)cc2o1. The van der Waals surface area contributed by atoms with Gasteiger partial charge in [-0.25, -0.2) is 4.79 Å². The van der Waals surface area contributed by atoms with Crippen molar-refractivity contribution in [2.45, 2.75) is 39.3 Å². The van der Waals surface area contributed by atoms with Gasteiger partial charge in [0, 0.05) is 41.2 Å². The van der Waals surface area contributed by atoms with Crippen LogP contribution in [0.5, 0.6) is 0 Å². The number of rotatable bonds is 1. The first-order valence-corrected chi connectivity index (χ1v) is 9.31. The van der Waals surface area contributed by atoms with E-state index in [1.165, 1.54) is 0 Å². The van der Waals surface area contributed by atoms with E-state index in [1.807, 2.05) is 27.7 Å². The van der Waals surface area contributed by atoms with E-state index in [1.54, 1.807) is 17.0 Å². The van der Waals surface area contributed by atoms with Crippen LogP contribution in [0.3, 0.4) is 0 Å². The molecule has 136 valence electrons. The van der Waals surface area contributed by atoms with Crippen molar-refractivity contribution in [3.63, 3.8) is 0 Å². The number of benzene rings is 1. The zero-order valence-electron chi connectivity index (χ0n) is 14.7. The molecule has 3 rings (SSSR count). The molecule has 1 aromatic carbocycles. The van der Waals surface area contributed by atoms with Gasteiger partial charge in [-0.3, -0.25) is 0 Å². The first-order valence-electron chi connectivity index (χ1n) is 8.14. The molecule has 1 aromatic heterocycles. The van der Waals surface area contributed by atoms with Crippen molar-refractivity contribution in [1.82, 2.24) is 9.88 Å². The average molecular weight is 431 g/mol. The number of carbonyl (C=O) groups excluding carboxylic acids is 1. The van der Waals surface area contributed by atoms with Crippen LogP contribution in [0.1, 0.15) is 27.7 Å². The van der Waals surface area contributed by atoms with E-state index in [9.17, 15) is 4.79 Å². The number of piperazine rings is 1. The molecule has 1 amide bonds. The Kier molecular flexibility index (Phi) is 4.90. The van der Waals surface area contributed by atoms with E-state index in [2.05, 4.69) is 25.8 Å². The van der Waals surface area contributed by atoms with Gasteiger partial charge < -0.3 is 19.0 Å². The van der Waals surface area contributed by atoms with Crippen LogP contribution in [-0.2, 0) is 4.74 Å². The number of ether oxygens (including phenoxy) is 1. The smallest absolute Gasteiger partial charge is 0.410 e. The van der Waals surface area contributed by atoms with Crippen LogP contribution in [0.15, 0.2) is 21.0 Å². The summed E-state index contributed by atoms with van der Waals surface area (Å²) in [6, 6.07) is 4.14. The van der Waals surface area contributed by atoms with Gasteiger partial charge in [-0.2, -0.15) is 4.98 Å². The molecule has 0 aliphatic carbocycles. The lowest BCUT2D eigenvalue weighted by Gasteiger charge is -2.39. The molecular formula is C17H21BrClN3O3. The van der Waals surface area contributed by atoms with E-state index in [4.69, 9.17) is 20.8 Å². The Bertz CT molecular complexity index is 802. The molecule has 2 heterocycles. The van der Waals surface area contributed by atoms with Gasteiger partial charge in [-0.05, 0) is 49.7 Å². The molecular weight excluding hydrogens is 410 g/mol. The summed E-state index contributed by atoms with van der Waals surface area (Å²) in [7, 11) is 0. The van der Waals surface area contributed by atoms with Gasteiger partial charge in [0.2, 0.25) is 0 Å². The Morgan fingerprint density at radius 1 is 1.40 bits per heavy atom. The Labute approximate surface area is 160 Å². The molecule has 8 heteroatoms. The van der Waals surface area contributed by atoms with E-state index in [0.717, 1.165) is 9.99 Å². The first kappa shape index (κ1) is 18.3. The molecule has 1 fully saturated rings. The first-order chi connectivity index (χ1) is 11.6. The summed E-state index contributed by atoms with van der Waals surface area (Å²) in [5.41, 5.74) is 0.876.